The molecule has 0 atom stereocenters. The molecule has 0 saturated carbocycles. The average molecular weight is 263 g/mol. The Morgan fingerprint density at radius 2 is 2.06 bits per heavy atom. The molecule has 6 nitrogen and oxygen atoms in total. The largest absolute Gasteiger partial charge is 0.465 e. The molecule has 0 bridgehead atoms. The van der Waals surface area contributed by atoms with Crippen LogP contribution in [0.1, 0.15) is 16.6 Å². The molecule has 0 aliphatic carbocycles. The lowest BCUT2D eigenvalue weighted by Crippen LogP contribution is -2.29. The number of hydrogen-bond donors (Lipinski definition) is 1. The van der Waals surface area contributed by atoms with E-state index in [4.69, 9.17) is 0 Å². The summed E-state index contributed by atoms with van der Waals surface area (Å²) in [6.45, 7) is 1.07. The number of rotatable bonds is 3. The van der Waals surface area contributed by atoms with Gasteiger partial charge in [0.2, 0.25) is 5.91 Å². The zero-order valence-corrected chi connectivity index (χ0v) is 10.1. The minimum absolute atomic E-state index is 0.0590. The van der Waals surface area contributed by atoms with E-state index < -0.39 is 21.9 Å². The van der Waals surface area contributed by atoms with Crippen molar-refractivity contribution in [2.24, 2.45) is 0 Å². The van der Waals surface area contributed by atoms with Gasteiger partial charge in [0.1, 0.15) is 9.77 Å². The van der Waals surface area contributed by atoms with Crippen molar-refractivity contribution in [3.63, 3.8) is 0 Å². The van der Waals surface area contributed by atoms with Crippen LogP contribution in [0.15, 0.2) is 16.3 Å². The Morgan fingerprint density at radius 1 is 1.44 bits per heavy atom. The van der Waals surface area contributed by atoms with Crippen molar-refractivity contribution in [1.82, 2.24) is 4.72 Å². The van der Waals surface area contributed by atoms with Crippen LogP contribution in [0.2, 0.25) is 0 Å². The van der Waals surface area contributed by atoms with Gasteiger partial charge in [0.25, 0.3) is 10.0 Å². The van der Waals surface area contributed by atoms with Crippen molar-refractivity contribution in [3.05, 3.63) is 16.3 Å². The van der Waals surface area contributed by atoms with Crippen LogP contribution in [-0.2, 0) is 19.6 Å². The molecule has 0 fully saturated rings. The molecule has 0 saturated heterocycles. The summed E-state index contributed by atoms with van der Waals surface area (Å²) in [4.78, 5) is 21.6. The highest BCUT2D eigenvalue weighted by atomic mass is 32.2. The second-order valence-corrected chi connectivity index (χ2v) is 5.33. The number of sulfonamides is 1. The summed E-state index contributed by atoms with van der Waals surface area (Å²) < 4.78 is 29.4. The van der Waals surface area contributed by atoms with Crippen LogP contribution in [0.5, 0.6) is 0 Å². The lowest BCUT2D eigenvalue weighted by Gasteiger charge is -2.04. The Morgan fingerprint density at radius 3 is 2.56 bits per heavy atom. The average Bonchev–Trinajstić information content (AvgIpc) is 2.63. The third-order valence-corrected chi connectivity index (χ3v) is 4.07. The summed E-state index contributed by atoms with van der Waals surface area (Å²) in [5.41, 5.74) is 0. The predicted molar refractivity (Wildman–Crippen MR) is 56.7 cm³/mol. The Labute approximate surface area is 96.3 Å². The topological polar surface area (TPSA) is 89.5 Å². The molecular formula is C8H9NO5S2. The van der Waals surface area contributed by atoms with Gasteiger partial charge in [0.05, 0.1) is 7.11 Å². The van der Waals surface area contributed by atoms with Crippen LogP contribution in [0.4, 0.5) is 0 Å². The van der Waals surface area contributed by atoms with Gasteiger partial charge in [-0.25, -0.2) is 17.9 Å². The minimum atomic E-state index is -3.99. The molecule has 88 valence electrons. The van der Waals surface area contributed by atoms with Gasteiger partial charge in [-0.05, 0) is 11.4 Å². The summed E-state index contributed by atoms with van der Waals surface area (Å²) in [7, 11) is -2.84. The molecule has 0 unspecified atom stereocenters. The Kier molecular flexibility index (Phi) is 3.66. The fourth-order valence-electron chi connectivity index (χ4n) is 0.995. The number of methoxy groups -OCH3 is 1. The van der Waals surface area contributed by atoms with E-state index in [1.807, 2.05) is 0 Å². The van der Waals surface area contributed by atoms with E-state index in [1.165, 1.54) is 11.4 Å². The number of thiophene rings is 1. The molecular weight excluding hydrogens is 254 g/mol. The van der Waals surface area contributed by atoms with Gasteiger partial charge in [0, 0.05) is 6.92 Å². The first-order valence-electron chi connectivity index (χ1n) is 4.07. The number of esters is 1. The molecule has 0 spiro atoms. The summed E-state index contributed by atoms with van der Waals surface area (Å²) in [6.07, 6.45) is 0. The maximum Gasteiger partial charge on any atom is 0.349 e. The van der Waals surface area contributed by atoms with Crippen LogP contribution < -0.4 is 4.72 Å². The third-order valence-electron chi connectivity index (χ3n) is 1.57. The molecule has 1 aromatic rings. The van der Waals surface area contributed by atoms with Gasteiger partial charge in [-0.1, -0.05) is 0 Å². The highest BCUT2D eigenvalue weighted by Gasteiger charge is 2.25. The van der Waals surface area contributed by atoms with Gasteiger partial charge in [-0.15, -0.1) is 11.3 Å². The molecule has 1 heterocycles. The van der Waals surface area contributed by atoms with Crippen molar-refractivity contribution in [2.75, 3.05) is 7.11 Å². The van der Waals surface area contributed by atoms with E-state index in [1.54, 1.807) is 4.72 Å². The maximum atomic E-state index is 11.6. The second kappa shape index (κ2) is 4.62. The van der Waals surface area contributed by atoms with Crippen molar-refractivity contribution < 1.29 is 22.7 Å². The molecule has 0 aliphatic rings. The molecule has 0 radical (unpaired) electrons. The maximum absolute atomic E-state index is 11.6. The van der Waals surface area contributed by atoms with Crippen LogP contribution in [0.3, 0.4) is 0 Å². The minimum Gasteiger partial charge on any atom is -0.465 e. The molecule has 1 rings (SSSR count). The first kappa shape index (κ1) is 12.7. The lowest BCUT2D eigenvalue weighted by atomic mass is 10.5. The van der Waals surface area contributed by atoms with Crippen LogP contribution in [0, 0.1) is 0 Å². The summed E-state index contributed by atoms with van der Waals surface area (Å²) in [5.74, 6) is -1.47. The monoisotopic (exact) mass is 263 g/mol. The highest BCUT2D eigenvalue weighted by Crippen LogP contribution is 2.22. The Hall–Kier alpha value is -1.41. The van der Waals surface area contributed by atoms with Crippen molar-refractivity contribution in [1.29, 1.82) is 0 Å². The lowest BCUT2D eigenvalue weighted by molar-refractivity contribution is -0.117. The van der Waals surface area contributed by atoms with Crippen LogP contribution in [0.25, 0.3) is 0 Å². The number of amides is 1. The predicted octanol–water partition coefficient (Wildman–Crippen LogP) is 0.360. The van der Waals surface area contributed by atoms with Gasteiger partial charge < -0.3 is 4.74 Å². The van der Waals surface area contributed by atoms with Gasteiger partial charge >= 0.3 is 5.97 Å². The number of hydrogen-bond acceptors (Lipinski definition) is 6. The number of carbonyl (C=O) groups is 2. The zero-order chi connectivity index (χ0) is 12.3. The van der Waals surface area contributed by atoms with Crippen molar-refractivity contribution >= 4 is 33.2 Å². The number of ether oxygens (including phenoxy) is 1. The quantitative estimate of drug-likeness (QED) is 0.795. The highest BCUT2D eigenvalue weighted by molar-refractivity contribution is 7.90. The van der Waals surface area contributed by atoms with E-state index in [-0.39, 0.29) is 9.77 Å². The molecule has 8 heteroatoms. The standard InChI is InChI=1S/C8H9NO5S2/c1-5(10)9-16(12,13)6-3-4-15-7(6)8(11)14-2/h3-4H,1-2H3,(H,9,10). The van der Waals surface area contributed by atoms with E-state index in [0.29, 0.717) is 0 Å². The molecule has 1 aromatic heterocycles. The third kappa shape index (κ3) is 2.58. The normalized spacial score (nSPS) is 10.9. The molecule has 16 heavy (non-hydrogen) atoms. The van der Waals surface area contributed by atoms with Gasteiger partial charge in [0.15, 0.2) is 0 Å². The fraction of sp³-hybridized carbons (Fsp3) is 0.250. The summed E-state index contributed by atoms with van der Waals surface area (Å²) >= 11 is 0.931. The van der Waals surface area contributed by atoms with E-state index in [0.717, 1.165) is 25.4 Å². The number of carbonyl (C=O) groups excluding carboxylic acids is 2. The fourth-order valence-corrected chi connectivity index (χ4v) is 3.32. The summed E-state index contributed by atoms with van der Waals surface area (Å²) in [5, 5.41) is 1.43. The SMILES string of the molecule is COC(=O)c1sccc1S(=O)(=O)NC(C)=O. The van der Waals surface area contributed by atoms with E-state index in [9.17, 15) is 18.0 Å². The second-order valence-electron chi connectivity index (χ2n) is 2.77. The van der Waals surface area contributed by atoms with Gasteiger partial charge in [-0.3, -0.25) is 4.79 Å². The van der Waals surface area contributed by atoms with E-state index in [2.05, 4.69) is 4.74 Å². The molecule has 0 aliphatic heterocycles. The van der Waals surface area contributed by atoms with Crippen molar-refractivity contribution in [3.8, 4) is 0 Å². The smallest absolute Gasteiger partial charge is 0.349 e. The zero-order valence-electron chi connectivity index (χ0n) is 8.51. The molecule has 1 amide bonds. The Balaban J connectivity index is 3.19. The first-order chi connectivity index (χ1) is 7.38. The van der Waals surface area contributed by atoms with Crippen LogP contribution >= 0.6 is 11.3 Å². The van der Waals surface area contributed by atoms with Crippen LogP contribution in [-0.4, -0.2) is 27.4 Å². The van der Waals surface area contributed by atoms with E-state index >= 15 is 0 Å². The first-order valence-corrected chi connectivity index (χ1v) is 6.44. The van der Waals surface area contributed by atoms with Crippen molar-refractivity contribution in [2.45, 2.75) is 11.8 Å². The number of nitrogens with one attached hydrogen (secondary N) is 1. The van der Waals surface area contributed by atoms with Gasteiger partial charge in [-0.2, -0.15) is 0 Å². The Bertz CT molecular complexity index is 516. The molecule has 1 N–H and O–H groups in total. The summed E-state index contributed by atoms with van der Waals surface area (Å²) in [6, 6.07) is 1.24. The molecule has 0 aromatic carbocycles.